The normalized spacial score (nSPS) is 28.3. The lowest BCUT2D eigenvalue weighted by Gasteiger charge is -2.47. The monoisotopic (exact) mass is 267 g/mol. The minimum atomic E-state index is -0.324. The van der Waals surface area contributed by atoms with Crippen molar-refractivity contribution in [3.8, 4) is 0 Å². The molecule has 0 saturated carbocycles. The van der Waals surface area contributed by atoms with Crippen LogP contribution in [0.2, 0.25) is 0 Å². The van der Waals surface area contributed by atoms with E-state index in [1.165, 1.54) is 0 Å². The zero-order valence-electron chi connectivity index (χ0n) is 13.1. The second-order valence-corrected chi connectivity index (χ2v) is 6.94. The molecular formula is C16H29NO2. The first-order valence-corrected chi connectivity index (χ1v) is 7.64. The van der Waals surface area contributed by atoms with Crippen LogP contribution in [0.4, 0.5) is 0 Å². The minimum Gasteiger partial charge on any atom is -0.491 e. The Morgan fingerprint density at radius 1 is 1.16 bits per heavy atom. The molecule has 110 valence electrons. The van der Waals surface area contributed by atoms with Crippen molar-refractivity contribution in [3.63, 3.8) is 0 Å². The van der Waals surface area contributed by atoms with Gasteiger partial charge in [-0.15, -0.1) is 0 Å². The van der Waals surface area contributed by atoms with Gasteiger partial charge in [0.1, 0.15) is 11.4 Å². The third-order valence-electron chi connectivity index (χ3n) is 4.58. The summed E-state index contributed by atoms with van der Waals surface area (Å²) in [7, 11) is 2.16. The molecule has 0 amide bonds. The van der Waals surface area contributed by atoms with Gasteiger partial charge >= 0.3 is 0 Å². The van der Waals surface area contributed by atoms with E-state index in [0.29, 0.717) is 11.8 Å². The zero-order valence-corrected chi connectivity index (χ0v) is 13.1. The Morgan fingerprint density at radius 2 is 1.74 bits per heavy atom. The highest BCUT2D eigenvalue weighted by Crippen LogP contribution is 2.43. The van der Waals surface area contributed by atoms with E-state index in [4.69, 9.17) is 4.74 Å². The molecular weight excluding hydrogens is 238 g/mol. The molecule has 1 N–H and O–H groups in total. The Morgan fingerprint density at radius 3 is 2.21 bits per heavy atom. The fraction of sp³-hybridized carbons (Fsp3) is 0.875. The van der Waals surface area contributed by atoms with E-state index in [0.717, 1.165) is 43.7 Å². The molecule has 3 nitrogen and oxygen atoms in total. The molecule has 0 radical (unpaired) electrons. The van der Waals surface area contributed by atoms with Crippen molar-refractivity contribution < 1.29 is 9.84 Å². The number of nitrogens with zero attached hydrogens (tertiary/aromatic N) is 1. The average Bonchev–Trinajstić information content (AvgIpc) is 2.32. The summed E-state index contributed by atoms with van der Waals surface area (Å²) >= 11 is 0. The number of aliphatic hydroxyl groups excluding tert-OH is 1. The Balaban J connectivity index is 2.27. The number of allylic oxidation sites excluding steroid dienone is 1. The number of hydrogen-bond acceptors (Lipinski definition) is 3. The van der Waals surface area contributed by atoms with Crippen LogP contribution in [0.5, 0.6) is 0 Å². The molecule has 0 bridgehead atoms. The molecule has 2 aliphatic heterocycles. The van der Waals surface area contributed by atoms with Gasteiger partial charge in [0, 0.05) is 25.4 Å². The van der Waals surface area contributed by atoms with Gasteiger partial charge in [0.25, 0.3) is 0 Å². The van der Waals surface area contributed by atoms with E-state index >= 15 is 0 Å². The first kappa shape index (κ1) is 14.9. The molecule has 2 aliphatic rings. The van der Waals surface area contributed by atoms with Gasteiger partial charge < -0.3 is 14.7 Å². The number of hydrogen-bond donors (Lipinski definition) is 1. The summed E-state index contributed by atoms with van der Waals surface area (Å²) in [4.78, 5) is 2.34. The summed E-state index contributed by atoms with van der Waals surface area (Å²) in [6, 6.07) is 0. The summed E-state index contributed by atoms with van der Waals surface area (Å²) in [6.07, 6.45) is 2.50. The van der Waals surface area contributed by atoms with Gasteiger partial charge in [-0.05, 0) is 31.4 Å². The van der Waals surface area contributed by atoms with Crippen LogP contribution in [0, 0.1) is 11.8 Å². The minimum absolute atomic E-state index is 0.121. The largest absolute Gasteiger partial charge is 0.491 e. The van der Waals surface area contributed by atoms with Crippen molar-refractivity contribution in [1.82, 2.24) is 4.90 Å². The van der Waals surface area contributed by atoms with E-state index in [1.807, 2.05) is 0 Å². The molecule has 2 heterocycles. The van der Waals surface area contributed by atoms with Crippen LogP contribution in [-0.4, -0.2) is 41.8 Å². The van der Waals surface area contributed by atoms with Crippen molar-refractivity contribution in [3.05, 3.63) is 11.3 Å². The van der Waals surface area contributed by atoms with Crippen molar-refractivity contribution in [2.24, 2.45) is 11.8 Å². The van der Waals surface area contributed by atoms with Crippen molar-refractivity contribution in [2.75, 3.05) is 20.1 Å². The van der Waals surface area contributed by atoms with Crippen molar-refractivity contribution in [2.45, 2.75) is 58.7 Å². The molecule has 3 heteroatoms. The maximum atomic E-state index is 10.6. The van der Waals surface area contributed by atoms with Gasteiger partial charge in [-0.1, -0.05) is 27.7 Å². The summed E-state index contributed by atoms with van der Waals surface area (Å²) in [6.45, 7) is 10.8. The lowest BCUT2D eigenvalue weighted by Crippen LogP contribution is -2.50. The number of piperidine rings is 1. The van der Waals surface area contributed by atoms with Crippen LogP contribution in [-0.2, 0) is 4.74 Å². The van der Waals surface area contributed by atoms with E-state index in [9.17, 15) is 5.11 Å². The Hall–Kier alpha value is -0.540. The van der Waals surface area contributed by atoms with Gasteiger partial charge in [0.15, 0.2) is 0 Å². The third kappa shape index (κ3) is 2.97. The molecule has 0 aromatic heterocycles. The Bertz CT molecular complexity index is 352. The highest BCUT2D eigenvalue weighted by molar-refractivity contribution is 5.22. The predicted molar refractivity (Wildman–Crippen MR) is 77.9 cm³/mol. The van der Waals surface area contributed by atoms with Gasteiger partial charge in [0.2, 0.25) is 0 Å². The van der Waals surface area contributed by atoms with Crippen LogP contribution in [0.15, 0.2) is 11.3 Å². The standard InChI is InChI=1S/C16H29NO2/c1-11(2)14-13(18)10-16(19-15(14)12(3)4)6-8-17(5)9-7-16/h11-13,18H,6-10H2,1-5H3. The second kappa shape index (κ2) is 5.45. The fourth-order valence-electron chi connectivity index (χ4n) is 3.41. The van der Waals surface area contributed by atoms with Crippen molar-refractivity contribution >= 4 is 0 Å². The van der Waals surface area contributed by atoms with Crippen LogP contribution in [0.1, 0.15) is 47.0 Å². The van der Waals surface area contributed by atoms with Crippen LogP contribution < -0.4 is 0 Å². The first-order chi connectivity index (χ1) is 8.84. The molecule has 2 rings (SSSR count). The average molecular weight is 267 g/mol. The molecule has 1 fully saturated rings. The molecule has 1 saturated heterocycles. The number of ether oxygens (including phenoxy) is 1. The molecule has 1 atom stereocenters. The summed E-state index contributed by atoms with van der Waals surface area (Å²) in [5.74, 6) is 1.76. The summed E-state index contributed by atoms with van der Waals surface area (Å²) in [5, 5.41) is 10.6. The number of likely N-dealkylation sites (tertiary alicyclic amines) is 1. The number of rotatable bonds is 2. The van der Waals surface area contributed by atoms with Crippen molar-refractivity contribution in [1.29, 1.82) is 0 Å². The van der Waals surface area contributed by atoms with Crippen LogP contribution in [0.3, 0.4) is 0 Å². The fourth-order valence-corrected chi connectivity index (χ4v) is 3.41. The van der Waals surface area contributed by atoms with E-state index < -0.39 is 0 Å². The Kier molecular flexibility index (Phi) is 4.26. The maximum Gasteiger partial charge on any atom is 0.114 e. The maximum absolute atomic E-state index is 10.6. The molecule has 1 unspecified atom stereocenters. The summed E-state index contributed by atoms with van der Waals surface area (Å²) in [5.41, 5.74) is 1.00. The van der Waals surface area contributed by atoms with E-state index in [1.54, 1.807) is 0 Å². The van der Waals surface area contributed by atoms with E-state index in [2.05, 4.69) is 39.6 Å². The molecule has 0 aromatic rings. The highest BCUT2D eigenvalue weighted by Gasteiger charge is 2.44. The smallest absolute Gasteiger partial charge is 0.114 e. The van der Waals surface area contributed by atoms with Crippen LogP contribution >= 0.6 is 0 Å². The SMILES string of the molecule is CC(C)C1=C(C(C)C)C(O)CC2(CCN(C)CC2)O1. The molecule has 19 heavy (non-hydrogen) atoms. The zero-order chi connectivity index (χ0) is 14.2. The first-order valence-electron chi connectivity index (χ1n) is 7.64. The van der Waals surface area contributed by atoms with Gasteiger partial charge in [-0.3, -0.25) is 0 Å². The van der Waals surface area contributed by atoms with Gasteiger partial charge in [-0.2, -0.15) is 0 Å². The topological polar surface area (TPSA) is 32.7 Å². The quantitative estimate of drug-likeness (QED) is 0.835. The predicted octanol–water partition coefficient (Wildman–Crippen LogP) is 2.80. The van der Waals surface area contributed by atoms with Crippen LogP contribution in [0.25, 0.3) is 0 Å². The molecule has 0 aromatic carbocycles. The Labute approximate surface area is 117 Å². The third-order valence-corrected chi connectivity index (χ3v) is 4.58. The lowest BCUT2D eigenvalue weighted by atomic mass is 9.78. The van der Waals surface area contributed by atoms with E-state index in [-0.39, 0.29) is 11.7 Å². The van der Waals surface area contributed by atoms with Gasteiger partial charge in [-0.25, -0.2) is 0 Å². The number of aliphatic hydroxyl groups is 1. The highest BCUT2D eigenvalue weighted by atomic mass is 16.5. The molecule has 0 aliphatic carbocycles. The second-order valence-electron chi connectivity index (χ2n) is 6.94. The molecule has 1 spiro atoms. The van der Waals surface area contributed by atoms with Gasteiger partial charge in [0.05, 0.1) is 6.10 Å². The lowest BCUT2D eigenvalue weighted by molar-refractivity contribution is -0.0957. The summed E-state index contributed by atoms with van der Waals surface area (Å²) < 4.78 is 6.46.